The van der Waals surface area contributed by atoms with Gasteiger partial charge in [-0.1, -0.05) is 54.1 Å². The van der Waals surface area contributed by atoms with Crippen LogP contribution in [0.15, 0.2) is 84.4 Å². The number of hydrogen-bond donors (Lipinski definition) is 1. The van der Waals surface area contributed by atoms with Gasteiger partial charge in [-0.2, -0.15) is 0 Å². The molecule has 1 saturated heterocycles. The molecule has 3 aromatic rings. The van der Waals surface area contributed by atoms with Gasteiger partial charge in [0.05, 0.1) is 11.6 Å². The van der Waals surface area contributed by atoms with Gasteiger partial charge >= 0.3 is 6.36 Å². The zero-order valence-electron chi connectivity index (χ0n) is 16.7. The molecule has 1 atom stereocenters. The number of ketones is 1. The third-order valence-electron chi connectivity index (χ3n) is 5.01. The number of amides is 1. The van der Waals surface area contributed by atoms with Crippen LogP contribution in [0.25, 0.3) is 5.76 Å². The van der Waals surface area contributed by atoms with Gasteiger partial charge in [0.15, 0.2) is 0 Å². The average molecular weight is 474 g/mol. The van der Waals surface area contributed by atoms with Crippen molar-refractivity contribution in [3.8, 4) is 5.75 Å². The van der Waals surface area contributed by atoms with E-state index in [1.54, 1.807) is 48.5 Å². The number of rotatable bonds is 4. The third-order valence-corrected chi connectivity index (χ3v) is 5.24. The molecule has 4 rings (SSSR count). The normalized spacial score (nSPS) is 17.9. The zero-order valence-corrected chi connectivity index (χ0v) is 17.5. The van der Waals surface area contributed by atoms with Crippen LogP contribution in [0.2, 0.25) is 5.02 Å². The number of hydrogen-bond acceptors (Lipinski definition) is 4. The van der Waals surface area contributed by atoms with E-state index in [2.05, 4.69) is 4.74 Å². The summed E-state index contributed by atoms with van der Waals surface area (Å²) in [5.74, 6) is -2.75. The Bertz CT molecular complexity index is 1240. The number of alkyl halides is 3. The highest BCUT2D eigenvalue weighted by Crippen LogP contribution is 2.42. The first-order valence-electron chi connectivity index (χ1n) is 9.63. The first-order valence-corrected chi connectivity index (χ1v) is 10.0. The van der Waals surface area contributed by atoms with Crippen LogP contribution < -0.4 is 9.64 Å². The Morgan fingerprint density at radius 2 is 1.61 bits per heavy atom. The lowest BCUT2D eigenvalue weighted by atomic mass is 9.95. The number of carbonyl (C=O) groups excluding carboxylic acids is 2. The second-order valence-corrected chi connectivity index (χ2v) is 7.57. The summed E-state index contributed by atoms with van der Waals surface area (Å²) >= 11 is 6.01. The SMILES string of the molecule is O=C1C(=O)N(c2ccc(OC(F)(F)F)cc2)C(c2ccccc2)/C1=C(/O)c1cccc(Cl)c1. The summed E-state index contributed by atoms with van der Waals surface area (Å²) in [5, 5.41) is 11.3. The van der Waals surface area contributed by atoms with Crippen molar-refractivity contribution in [1.29, 1.82) is 0 Å². The molecule has 0 aromatic heterocycles. The average Bonchev–Trinajstić information content (AvgIpc) is 3.04. The predicted molar refractivity (Wildman–Crippen MR) is 116 cm³/mol. The maximum Gasteiger partial charge on any atom is 0.573 e. The van der Waals surface area contributed by atoms with Crippen molar-refractivity contribution in [3.63, 3.8) is 0 Å². The van der Waals surface area contributed by atoms with Gasteiger partial charge in [0.2, 0.25) is 0 Å². The van der Waals surface area contributed by atoms with Gasteiger partial charge in [-0.15, -0.1) is 13.2 Å². The summed E-state index contributed by atoms with van der Waals surface area (Å²) in [6.45, 7) is 0. The third kappa shape index (κ3) is 4.56. The first-order chi connectivity index (χ1) is 15.7. The molecule has 0 spiro atoms. The number of aliphatic hydroxyl groups excluding tert-OH is 1. The van der Waals surface area contributed by atoms with Crippen LogP contribution in [0.3, 0.4) is 0 Å². The predicted octanol–water partition coefficient (Wildman–Crippen LogP) is 5.86. The molecule has 0 saturated carbocycles. The number of ether oxygens (including phenoxy) is 1. The lowest BCUT2D eigenvalue weighted by Crippen LogP contribution is -2.29. The second-order valence-electron chi connectivity index (χ2n) is 7.13. The van der Waals surface area contributed by atoms with E-state index >= 15 is 0 Å². The van der Waals surface area contributed by atoms with Crippen LogP contribution in [0.5, 0.6) is 5.75 Å². The summed E-state index contributed by atoms with van der Waals surface area (Å²) in [5.41, 5.74) is 0.765. The molecule has 0 aliphatic carbocycles. The fourth-order valence-electron chi connectivity index (χ4n) is 3.65. The summed E-state index contributed by atoms with van der Waals surface area (Å²) in [6.07, 6.45) is -4.87. The first kappa shape index (κ1) is 22.4. The van der Waals surface area contributed by atoms with Gasteiger partial charge in [0.25, 0.3) is 11.7 Å². The monoisotopic (exact) mass is 473 g/mol. The van der Waals surface area contributed by atoms with Gasteiger partial charge in [-0.25, -0.2) is 0 Å². The summed E-state index contributed by atoms with van der Waals surface area (Å²) in [6, 6.07) is 18.2. The van der Waals surface area contributed by atoms with Crippen molar-refractivity contribution in [1.82, 2.24) is 0 Å². The number of nitrogens with zero attached hydrogens (tertiary/aromatic N) is 1. The van der Waals surface area contributed by atoms with Crippen molar-refractivity contribution >= 4 is 34.7 Å². The number of aliphatic hydroxyl groups is 1. The van der Waals surface area contributed by atoms with E-state index in [4.69, 9.17) is 11.6 Å². The number of Topliss-reactive ketones (excluding diaryl/α,β-unsaturated/α-hetero) is 1. The fraction of sp³-hybridized carbons (Fsp3) is 0.0833. The standard InChI is InChI=1S/C24H15ClF3NO4/c25-16-8-4-7-15(13-16)21(30)19-20(14-5-2-1-3-6-14)29(23(32)22(19)31)17-9-11-18(12-10-17)33-24(26,27)28/h1-13,20,30H/b21-19-. The lowest BCUT2D eigenvalue weighted by Gasteiger charge is -2.25. The number of halogens is 4. The molecule has 1 unspecified atom stereocenters. The van der Waals surface area contributed by atoms with Gasteiger partial charge in [0, 0.05) is 16.3 Å². The topological polar surface area (TPSA) is 66.8 Å². The molecule has 1 N–H and O–H groups in total. The van der Waals surface area contributed by atoms with E-state index in [-0.39, 0.29) is 16.8 Å². The second kappa shape index (κ2) is 8.63. The van der Waals surface area contributed by atoms with E-state index in [0.717, 1.165) is 17.0 Å². The Morgan fingerprint density at radius 3 is 2.21 bits per heavy atom. The van der Waals surface area contributed by atoms with Crippen molar-refractivity contribution in [2.45, 2.75) is 12.4 Å². The van der Waals surface area contributed by atoms with E-state index in [1.807, 2.05) is 0 Å². The minimum atomic E-state index is -4.87. The molecule has 3 aromatic carbocycles. The maximum absolute atomic E-state index is 13.0. The Labute approximate surface area is 191 Å². The van der Waals surface area contributed by atoms with E-state index in [0.29, 0.717) is 10.6 Å². The molecule has 33 heavy (non-hydrogen) atoms. The van der Waals surface area contributed by atoms with E-state index < -0.39 is 35.6 Å². The zero-order chi connectivity index (χ0) is 23.8. The highest BCUT2D eigenvalue weighted by Gasteiger charge is 2.47. The maximum atomic E-state index is 13.0. The van der Waals surface area contributed by atoms with E-state index in [1.165, 1.54) is 18.2 Å². The highest BCUT2D eigenvalue weighted by atomic mass is 35.5. The Hall–Kier alpha value is -3.78. The molecule has 1 amide bonds. The van der Waals surface area contributed by atoms with Crippen LogP contribution in [0.4, 0.5) is 18.9 Å². The molecule has 9 heteroatoms. The fourth-order valence-corrected chi connectivity index (χ4v) is 3.84. The van der Waals surface area contributed by atoms with Crippen LogP contribution in [0.1, 0.15) is 17.2 Å². The number of anilines is 1. The molecule has 1 heterocycles. The largest absolute Gasteiger partial charge is 0.573 e. The molecule has 5 nitrogen and oxygen atoms in total. The molecule has 168 valence electrons. The molecule has 0 radical (unpaired) electrons. The summed E-state index contributed by atoms with van der Waals surface area (Å²) in [7, 11) is 0. The van der Waals surface area contributed by atoms with E-state index in [9.17, 15) is 27.9 Å². The quantitative estimate of drug-likeness (QED) is 0.292. The van der Waals surface area contributed by atoms with Gasteiger partial charge in [-0.3, -0.25) is 14.5 Å². The van der Waals surface area contributed by atoms with Crippen molar-refractivity contribution in [2.75, 3.05) is 4.90 Å². The minimum Gasteiger partial charge on any atom is -0.507 e. The Balaban J connectivity index is 1.84. The van der Waals surface area contributed by atoms with Crippen LogP contribution in [0, 0.1) is 0 Å². The van der Waals surface area contributed by atoms with Crippen molar-refractivity contribution < 1.29 is 32.6 Å². The number of carbonyl (C=O) groups is 2. The minimum absolute atomic E-state index is 0.158. The molecule has 0 bridgehead atoms. The lowest BCUT2D eigenvalue weighted by molar-refractivity contribution is -0.274. The van der Waals surface area contributed by atoms with Crippen LogP contribution in [-0.2, 0) is 9.59 Å². The summed E-state index contributed by atoms with van der Waals surface area (Å²) in [4.78, 5) is 27.2. The molecular weight excluding hydrogens is 459 g/mol. The van der Waals surface area contributed by atoms with Crippen LogP contribution in [-0.4, -0.2) is 23.2 Å². The van der Waals surface area contributed by atoms with Gasteiger partial charge in [0.1, 0.15) is 11.5 Å². The Morgan fingerprint density at radius 1 is 0.939 bits per heavy atom. The van der Waals surface area contributed by atoms with Gasteiger partial charge < -0.3 is 9.84 Å². The van der Waals surface area contributed by atoms with Crippen molar-refractivity contribution in [2.24, 2.45) is 0 Å². The highest BCUT2D eigenvalue weighted by molar-refractivity contribution is 6.51. The molecule has 1 aliphatic heterocycles. The molecular formula is C24H15ClF3NO4. The molecule has 1 fully saturated rings. The summed E-state index contributed by atoms with van der Waals surface area (Å²) < 4.78 is 41.4. The smallest absolute Gasteiger partial charge is 0.507 e. The van der Waals surface area contributed by atoms with Crippen molar-refractivity contribution in [3.05, 3.63) is 101 Å². The van der Waals surface area contributed by atoms with Gasteiger partial charge in [-0.05, 0) is 42.0 Å². The Kier molecular flexibility index (Phi) is 5.86. The number of benzene rings is 3. The van der Waals surface area contributed by atoms with Crippen LogP contribution >= 0.6 is 11.6 Å². The molecule has 1 aliphatic rings.